The molecule has 4 heteroatoms. The summed E-state index contributed by atoms with van der Waals surface area (Å²) in [6, 6.07) is 9.90. The lowest BCUT2D eigenvalue weighted by Gasteiger charge is -2.22. The molecular weight excluding hydrogens is 340 g/mol. The molecule has 0 bridgehead atoms. The van der Waals surface area contributed by atoms with Crippen LogP contribution in [0.25, 0.3) is 6.08 Å². The molecule has 27 heavy (non-hydrogen) atoms. The number of hydrogen-bond donors (Lipinski definition) is 0. The number of benzene rings is 2. The predicted octanol–water partition coefficient (Wildman–Crippen LogP) is 5.09. The van der Waals surface area contributed by atoms with Crippen LogP contribution in [0.2, 0.25) is 0 Å². The molecule has 0 saturated heterocycles. The van der Waals surface area contributed by atoms with E-state index in [0.717, 1.165) is 28.0 Å². The first-order valence-electron chi connectivity index (χ1n) is 9.09. The standard InChI is InChI=1S/C23H26O4/c1-15-10-18(23(3,4)5)11-16(2)19(15)13-25-22(24)9-7-17-6-8-20-21(12-17)27-14-26-20/h6-12H,13-14H2,1-5H3/b9-7+. The van der Waals surface area contributed by atoms with Gasteiger partial charge in [-0.3, -0.25) is 0 Å². The Morgan fingerprint density at radius 2 is 1.74 bits per heavy atom. The third-order valence-electron chi connectivity index (χ3n) is 4.73. The summed E-state index contributed by atoms with van der Waals surface area (Å²) in [5, 5.41) is 0. The van der Waals surface area contributed by atoms with Crippen LogP contribution in [0.5, 0.6) is 11.5 Å². The smallest absolute Gasteiger partial charge is 0.331 e. The van der Waals surface area contributed by atoms with Gasteiger partial charge in [0.05, 0.1) is 0 Å². The minimum Gasteiger partial charge on any atom is -0.458 e. The number of ether oxygens (including phenoxy) is 3. The van der Waals surface area contributed by atoms with Crippen molar-refractivity contribution in [1.29, 1.82) is 0 Å². The minimum absolute atomic E-state index is 0.0953. The molecule has 0 unspecified atom stereocenters. The molecule has 1 aliphatic rings. The lowest BCUT2D eigenvalue weighted by Crippen LogP contribution is -2.13. The molecule has 0 spiro atoms. The lowest BCUT2D eigenvalue weighted by molar-refractivity contribution is -0.138. The van der Waals surface area contributed by atoms with Crippen molar-refractivity contribution >= 4 is 12.0 Å². The predicted molar refractivity (Wildman–Crippen MR) is 106 cm³/mol. The number of hydrogen-bond acceptors (Lipinski definition) is 4. The molecule has 0 radical (unpaired) electrons. The second kappa shape index (κ2) is 7.47. The van der Waals surface area contributed by atoms with Gasteiger partial charge in [0.2, 0.25) is 6.79 Å². The number of rotatable bonds is 4. The Hall–Kier alpha value is -2.75. The monoisotopic (exact) mass is 366 g/mol. The summed E-state index contributed by atoms with van der Waals surface area (Å²) in [6.45, 7) is 11.2. The molecule has 0 aromatic heterocycles. The maximum absolute atomic E-state index is 12.1. The SMILES string of the molecule is Cc1cc(C(C)(C)C)cc(C)c1COC(=O)/C=C/c1ccc2c(c1)OCO2. The van der Waals surface area contributed by atoms with Crippen LogP contribution in [0, 0.1) is 13.8 Å². The summed E-state index contributed by atoms with van der Waals surface area (Å²) < 4.78 is 16.1. The van der Waals surface area contributed by atoms with Crippen LogP contribution in [0.4, 0.5) is 0 Å². The van der Waals surface area contributed by atoms with Gasteiger partial charge in [-0.15, -0.1) is 0 Å². The summed E-state index contributed by atoms with van der Waals surface area (Å²) in [5.74, 6) is 1.04. The molecule has 0 N–H and O–H groups in total. The molecule has 2 aromatic carbocycles. The van der Waals surface area contributed by atoms with Gasteiger partial charge in [0, 0.05) is 6.08 Å². The van der Waals surface area contributed by atoms with Crippen molar-refractivity contribution < 1.29 is 19.0 Å². The van der Waals surface area contributed by atoms with Gasteiger partial charge in [0.15, 0.2) is 11.5 Å². The molecule has 3 rings (SSSR count). The minimum atomic E-state index is -0.369. The zero-order chi connectivity index (χ0) is 19.6. The second-order valence-electron chi connectivity index (χ2n) is 7.89. The average Bonchev–Trinajstić information content (AvgIpc) is 3.06. The van der Waals surface area contributed by atoms with E-state index in [4.69, 9.17) is 14.2 Å². The van der Waals surface area contributed by atoms with Crippen LogP contribution >= 0.6 is 0 Å². The molecular formula is C23H26O4. The summed E-state index contributed by atoms with van der Waals surface area (Å²) in [5.41, 5.74) is 5.60. The first-order valence-corrected chi connectivity index (χ1v) is 9.09. The highest BCUT2D eigenvalue weighted by atomic mass is 16.7. The van der Waals surface area contributed by atoms with Crippen LogP contribution in [0.1, 0.15) is 48.6 Å². The van der Waals surface area contributed by atoms with Crippen LogP contribution in [-0.2, 0) is 21.6 Å². The van der Waals surface area contributed by atoms with Crippen molar-refractivity contribution in [3.8, 4) is 11.5 Å². The lowest BCUT2D eigenvalue weighted by atomic mass is 9.84. The Kier molecular flexibility index (Phi) is 5.26. The summed E-state index contributed by atoms with van der Waals surface area (Å²) in [6.07, 6.45) is 3.15. The molecule has 0 aliphatic carbocycles. The van der Waals surface area contributed by atoms with Crippen molar-refractivity contribution in [2.24, 2.45) is 0 Å². The third-order valence-corrected chi connectivity index (χ3v) is 4.73. The summed E-state index contributed by atoms with van der Waals surface area (Å²) in [7, 11) is 0. The van der Waals surface area contributed by atoms with Crippen molar-refractivity contribution in [2.75, 3.05) is 6.79 Å². The van der Waals surface area contributed by atoms with Gasteiger partial charge in [0.25, 0.3) is 0 Å². The molecule has 0 atom stereocenters. The molecule has 2 aromatic rings. The zero-order valence-corrected chi connectivity index (χ0v) is 16.6. The first kappa shape index (κ1) is 19.0. The van der Waals surface area contributed by atoms with E-state index >= 15 is 0 Å². The fourth-order valence-electron chi connectivity index (χ4n) is 3.03. The number of fused-ring (bicyclic) bond motifs is 1. The van der Waals surface area contributed by atoms with E-state index in [-0.39, 0.29) is 24.8 Å². The molecule has 0 amide bonds. The van der Waals surface area contributed by atoms with E-state index in [2.05, 4.69) is 46.8 Å². The first-order chi connectivity index (χ1) is 12.7. The molecule has 4 nitrogen and oxygen atoms in total. The van der Waals surface area contributed by atoms with Gasteiger partial charge in [-0.1, -0.05) is 39.0 Å². The van der Waals surface area contributed by atoms with Gasteiger partial charge in [-0.05, 0) is 65.3 Å². The molecule has 1 aliphatic heterocycles. The van der Waals surface area contributed by atoms with E-state index in [0.29, 0.717) is 5.75 Å². The van der Waals surface area contributed by atoms with Crippen LogP contribution in [-0.4, -0.2) is 12.8 Å². The van der Waals surface area contributed by atoms with E-state index < -0.39 is 0 Å². The normalized spacial score (nSPS) is 13.2. The maximum Gasteiger partial charge on any atom is 0.331 e. The van der Waals surface area contributed by atoms with Gasteiger partial charge in [0.1, 0.15) is 6.61 Å². The van der Waals surface area contributed by atoms with Gasteiger partial charge >= 0.3 is 5.97 Å². The third kappa shape index (κ3) is 4.51. The van der Waals surface area contributed by atoms with E-state index in [1.54, 1.807) is 6.08 Å². The van der Waals surface area contributed by atoms with E-state index in [9.17, 15) is 4.79 Å². The topological polar surface area (TPSA) is 44.8 Å². The van der Waals surface area contributed by atoms with Crippen LogP contribution < -0.4 is 9.47 Å². The molecule has 1 heterocycles. The summed E-state index contributed by atoms with van der Waals surface area (Å²) >= 11 is 0. The van der Waals surface area contributed by atoms with Gasteiger partial charge in [-0.2, -0.15) is 0 Å². The highest BCUT2D eigenvalue weighted by Gasteiger charge is 2.17. The number of carbonyl (C=O) groups excluding carboxylic acids is 1. The van der Waals surface area contributed by atoms with Crippen molar-refractivity contribution in [3.05, 3.63) is 64.2 Å². The Morgan fingerprint density at radius 1 is 1.07 bits per heavy atom. The fraction of sp³-hybridized carbons (Fsp3) is 0.348. The number of carbonyl (C=O) groups is 1. The molecule has 142 valence electrons. The largest absolute Gasteiger partial charge is 0.458 e. The van der Waals surface area contributed by atoms with Crippen LogP contribution in [0.15, 0.2) is 36.4 Å². The van der Waals surface area contributed by atoms with Crippen molar-refractivity contribution in [2.45, 2.75) is 46.6 Å². The number of aryl methyl sites for hydroxylation is 2. The Morgan fingerprint density at radius 3 is 2.41 bits per heavy atom. The van der Waals surface area contributed by atoms with Crippen molar-refractivity contribution in [3.63, 3.8) is 0 Å². The quantitative estimate of drug-likeness (QED) is 0.559. The number of esters is 1. The highest BCUT2D eigenvalue weighted by Crippen LogP contribution is 2.32. The van der Waals surface area contributed by atoms with Gasteiger partial charge in [-0.25, -0.2) is 4.79 Å². The highest BCUT2D eigenvalue weighted by molar-refractivity contribution is 5.87. The second-order valence-corrected chi connectivity index (χ2v) is 7.89. The summed E-state index contributed by atoms with van der Waals surface area (Å²) in [4.78, 5) is 12.1. The van der Waals surface area contributed by atoms with Crippen LogP contribution in [0.3, 0.4) is 0 Å². The molecule has 0 saturated carbocycles. The Labute approximate surface area is 160 Å². The maximum atomic E-state index is 12.1. The fourth-order valence-corrected chi connectivity index (χ4v) is 3.03. The average molecular weight is 366 g/mol. The zero-order valence-electron chi connectivity index (χ0n) is 16.6. The van der Waals surface area contributed by atoms with Gasteiger partial charge < -0.3 is 14.2 Å². The van der Waals surface area contributed by atoms with Crippen molar-refractivity contribution in [1.82, 2.24) is 0 Å². The Bertz CT molecular complexity index is 865. The Balaban J connectivity index is 1.64. The molecule has 0 fully saturated rings. The van der Waals surface area contributed by atoms with E-state index in [1.165, 1.54) is 11.6 Å². The van der Waals surface area contributed by atoms with E-state index in [1.807, 2.05) is 18.2 Å².